The number of nitrogens with one attached hydrogen (secondary N) is 3. The molecule has 2 atom stereocenters. The molecule has 3 N–H and O–H groups in total. The van der Waals surface area contributed by atoms with E-state index in [1.54, 1.807) is 18.5 Å². The molecule has 0 bridgehead atoms. The Balaban J connectivity index is 1.73. The Morgan fingerprint density at radius 2 is 1.90 bits per heavy atom. The zero-order valence-electron chi connectivity index (χ0n) is 18.2. The van der Waals surface area contributed by atoms with E-state index in [0.717, 1.165) is 28.8 Å². The summed E-state index contributed by atoms with van der Waals surface area (Å²) in [6.07, 6.45) is 4.42. The summed E-state index contributed by atoms with van der Waals surface area (Å²) in [6, 6.07) is 4.76. The number of aromatic nitrogens is 2. The fourth-order valence-corrected chi connectivity index (χ4v) is 3.23. The minimum absolute atomic E-state index is 0.132. The lowest BCUT2D eigenvalue weighted by molar-refractivity contribution is 0.372. The standard InChI is InChI=1S/C23H30FN5O/c1-7-14(4)27-23-25-11-18(12-26-23)28-16(6)29-21(13(2)3)22-15(5)19-10-17(24)8-9-20(19)30-22/h8-14,21,28-29H,6-7H2,1-5H3,(H,25,26,27). The van der Waals surface area contributed by atoms with Crippen molar-refractivity contribution in [3.63, 3.8) is 0 Å². The van der Waals surface area contributed by atoms with Crippen LogP contribution in [0.15, 0.2) is 47.4 Å². The van der Waals surface area contributed by atoms with Gasteiger partial charge in [-0.15, -0.1) is 0 Å². The number of rotatable bonds is 9. The summed E-state index contributed by atoms with van der Waals surface area (Å²) in [5.74, 6) is 1.91. The number of nitrogens with zero attached hydrogens (tertiary/aromatic N) is 2. The fourth-order valence-electron chi connectivity index (χ4n) is 3.23. The number of hydrogen-bond donors (Lipinski definition) is 3. The summed E-state index contributed by atoms with van der Waals surface area (Å²) < 4.78 is 19.7. The third-order valence-corrected chi connectivity index (χ3v) is 5.15. The average Bonchev–Trinajstić information content (AvgIpc) is 3.03. The van der Waals surface area contributed by atoms with E-state index in [1.165, 1.54) is 12.1 Å². The molecule has 2 unspecified atom stereocenters. The topological polar surface area (TPSA) is 75.0 Å². The Labute approximate surface area is 177 Å². The number of fused-ring (bicyclic) bond motifs is 1. The molecule has 3 aromatic rings. The summed E-state index contributed by atoms with van der Waals surface area (Å²) in [4.78, 5) is 8.67. The Morgan fingerprint density at radius 1 is 1.20 bits per heavy atom. The minimum Gasteiger partial charge on any atom is -0.459 e. The smallest absolute Gasteiger partial charge is 0.222 e. The van der Waals surface area contributed by atoms with Crippen molar-refractivity contribution in [2.75, 3.05) is 10.6 Å². The van der Waals surface area contributed by atoms with E-state index in [9.17, 15) is 4.39 Å². The summed E-state index contributed by atoms with van der Waals surface area (Å²) in [6.45, 7) is 14.4. The average molecular weight is 412 g/mol. The predicted octanol–water partition coefficient (Wildman–Crippen LogP) is 5.75. The van der Waals surface area contributed by atoms with E-state index >= 15 is 0 Å². The Bertz CT molecular complexity index is 1010. The van der Waals surface area contributed by atoms with Crippen LogP contribution in [0.1, 0.15) is 51.5 Å². The summed E-state index contributed by atoms with van der Waals surface area (Å²) in [5, 5.41) is 10.6. The fraction of sp³-hybridized carbons (Fsp3) is 0.391. The van der Waals surface area contributed by atoms with Crippen LogP contribution in [0.5, 0.6) is 0 Å². The quantitative estimate of drug-likeness (QED) is 0.416. The molecule has 0 aliphatic rings. The molecule has 0 aliphatic heterocycles. The van der Waals surface area contributed by atoms with Crippen LogP contribution < -0.4 is 16.0 Å². The molecule has 30 heavy (non-hydrogen) atoms. The van der Waals surface area contributed by atoms with Gasteiger partial charge in [0.2, 0.25) is 5.95 Å². The maximum absolute atomic E-state index is 13.7. The van der Waals surface area contributed by atoms with Crippen LogP contribution in [-0.4, -0.2) is 16.0 Å². The van der Waals surface area contributed by atoms with Gasteiger partial charge in [-0.1, -0.05) is 27.4 Å². The molecule has 2 aromatic heterocycles. The molecule has 7 heteroatoms. The zero-order chi connectivity index (χ0) is 21.8. The molecular formula is C23H30FN5O. The van der Waals surface area contributed by atoms with Crippen LogP contribution in [0.2, 0.25) is 0 Å². The van der Waals surface area contributed by atoms with Gasteiger partial charge >= 0.3 is 0 Å². The lowest BCUT2D eigenvalue weighted by Crippen LogP contribution is -2.28. The first-order chi connectivity index (χ1) is 14.3. The minimum atomic E-state index is -0.274. The summed E-state index contributed by atoms with van der Waals surface area (Å²) in [7, 11) is 0. The number of halogens is 1. The van der Waals surface area contributed by atoms with Gasteiger partial charge in [-0.05, 0) is 44.4 Å². The van der Waals surface area contributed by atoms with Crippen LogP contribution in [-0.2, 0) is 0 Å². The molecule has 0 radical (unpaired) electrons. The number of anilines is 2. The maximum Gasteiger partial charge on any atom is 0.222 e. The normalized spacial score (nSPS) is 13.3. The molecule has 6 nitrogen and oxygen atoms in total. The molecule has 0 aliphatic carbocycles. The van der Waals surface area contributed by atoms with E-state index in [-0.39, 0.29) is 17.8 Å². The molecular weight excluding hydrogens is 381 g/mol. The Hall–Kier alpha value is -3.09. The van der Waals surface area contributed by atoms with Gasteiger partial charge in [-0.3, -0.25) is 0 Å². The van der Waals surface area contributed by atoms with E-state index in [2.05, 4.69) is 60.2 Å². The van der Waals surface area contributed by atoms with E-state index in [1.807, 2.05) is 6.92 Å². The van der Waals surface area contributed by atoms with Gasteiger partial charge in [0.25, 0.3) is 0 Å². The first-order valence-corrected chi connectivity index (χ1v) is 10.3. The molecule has 0 fully saturated rings. The molecule has 1 aromatic carbocycles. The summed E-state index contributed by atoms with van der Waals surface area (Å²) in [5.41, 5.74) is 2.33. The maximum atomic E-state index is 13.7. The Kier molecular flexibility index (Phi) is 6.59. The van der Waals surface area contributed by atoms with Crippen molar-refractivity contribution < 1.29 is 8.81 Å². The highest BCUT2D eigenvalue weighted by Gasteiger charge is 2.24. The second kappa shape index (κ2) is 9.15. The molecule has 0 amide bonds. The lowest BCUT2D eigenvalue weighted by Gasteiger charge is -2.24. The molecule has 2 heterocycles. The highest BCUT2D eigenvalue weighted by molar-refractivity contribution is 5.82. The van der Waals surface area contributed by atoms with Gasteiger partial charge in [-0.25, -0.2) is 14.4 Å². The van der Waals surface area contributed by atoms with Crippen molar-refractivity contribution >= 4 is 22.6 Å². The highest BCUT2D eigenvalue weighted by Crippen LogP contribution is 2.33. The van der Waals surface area contributed by atoms with Gasteiger partial charge in [0.15, 0.2) is 0 Å². The van der Waals surface area contributed by atoms with Crippen molar-refractivity contribution in [1.82, 2.24) is 15.3 Å². The van der Waals surface area contributed by atoms with Crippen molar-refractivity contribution in [3.8, 4) is 0 Å². The largest absolute Gasteiger partial charge is 0.459 e. The van der Waals surface area contributed by atoms with Crippen molar-refractivity contribution in [2.45, 2.75) is 53.1 Å². The van der Waals surface area contributed by atoms with Crippen LogP contribution in [0.25, 0.3) is 11.0 Å². The van der Waals surface area contributed by atoms with Crippen LogP contribution in [0.4, 0.5) is 16.0 Å². The second-order valence-electron chi connectivity index (χ2n) is 7.95. The SMILES string of the molecule is C=C(Nc1cnc(NC(C)CC)nc1)NC(c1oc2ccc(F)cc2c1C)C(C)C. The number of hydrogen-bond acceptors (Lipinski definition) is 6. The van der Waals surface area contributed by atoms with Gasteiger partial charge in [0.1, 0.15) is 17.2 Å². The molecule has 0 saturated carbocycles. The van der Waals surface area contributed by atoms with Crippen molar-refractivity contribution in [2.24, 2.45) is 5.92 Å². The van der Waals surface area contributed by atoms with Crippen LogP contribution >= 0.6 is 0 Å². The predicted molar refractivity (Wildman–Crippen MR) is 120 cm³/mol. The molecule has 0 spiro atoms. The number of benzene rings is 1. The van der Waals surface area contributed by atoms with Gasteiger partial charge in [0.05, 0.1) is 29.9 Å². The van der Waals surface area contributed by atoms with E-state index in [0.29, 0.717) is 23.4 Å². The van der Waals surface area contributed by atoms with Crippen molar-refractivity contribution in [1.29, 1.82) is 0 Å². The number of furan rings is 1. The molecule has 160 valence electrons. The van der Waals surface area contributed by atoms with E-state index < -0.39 is 0 Å². The third-order valence-electron chi connectivity index (χ3n) is 5.15. The molecule has 0 saturated heterocycles. The van der Waals surface area contributed by atoms with Crippen LogP contribution in [0, 0.1) is 18.7 Å². The zero-order valence-corrected chi connectivity index (χ0v) is 18.2. The van der Waals surface area contributed by atoms with Gasteiger partial charge in [0, 0.05) is 17.0 Å². The first-order valence-electron chi connectivity index (χ1n) is 10.3. The highest BCUT2D eigenvalue weighted by atomic mass is 19.1. The van der Waals surface area contributed by atoms with Crippen LogP contribution in [0.3, 0.4) is 0 Å². The van der Waals surface area contributed by atoms with Gasteiger partial charge in [-0.2, -0.15) is 0 Å². The van der Waals surface area contributed by atoms with Gasteiger partial charge < -0.3 is 20.4 Å². The first kappa shape index (κ1) is 21.6. The summed E-state index contributed by atoms with van der Waals surface area (Å²) >= 11 is 0. The van der Waals surface area contributed by atoms with E-state index in [4.69, 9.17) is 4.42 Å². The number of aryl methyl sites for hydroxylation is 1. The molecule has 3 rings (SSSR count). The monoisotopic (exact) mass is 411 g/mol. The second-order valence-corrected chi connectivity index (χ2v) is 7.95. The Morgan fingerprint density at radius 3 is 2.53 bits per heavy atom. The van der Waals surface area contributed by atoms with Crippen molar-refractivity contribution in [3.05, 3.63) is 60.1 Å². The lowest BCUT2D eigenvalue weighted by atomic mass is 9.98. The third kappa shape index (κ3) is 4.90.